The van der Waals surface area contributed by atoms with Crippen molar-refractivity contribution in [1.29, 1.82) is 0 Å². The van der Waals surface area contributed by atoms with E-state index in [4.69, 9.17) is 9.47 Å². The molecule has 1 aromatic carbocycles. The van der Waals surface area contributed by atoms with Crippen LogP contribution in [0.3, 0.4) is 0 Å². The van der Waals surface area contributed by atoms with Crippen molar-refractivity contribution in [1.82, 2.24) is 21.3 Å². The molecule has 228 valence electrons. The highest BCUT2D eigenvalue weighted by Crippen LogP contribution is 2.08. The first-order chi connectivity index (χ1) is 19.5. The number of carbonyl (C=O) groups is 5. The van der Waals surface area contributed by atoms with Crippen LogP contribution in [0.15, 0.2) is 43.2 Å². The Morgan fingerprint density at radius 1 is 0.927 bits per heavy atom. The van der Waals surface area contributed by atoms with Gasteiger partial charge in [0, 0.05) is 13.0 Å². The zero-order chi connectivity index (χ0) is 30.8. The molecule has 0 bridgehead atoms. The lowest BCUT2D eigenvalue weighted by molar-refractivity contribution is -0.143. The number of ether oxygens (including phenoxy) is 2. The van der Waals surface area contributed by atoms with Crippen molar-refractivity contribution >= 4 is 29.8 Å². The number of amides is 4. The molecular formula is C29H44N4O8. The second-order valence-electron chi connectivity index (χ2n) is 10.3. The molecule has 0 radical (unpaired) electrons. The number of hydrogen-bond donors (Lipinski definition) is 5. The molecule has 1 aromatic rings. The summed E-state index contributed by atoms with van der Waals surface area (Å²) in [5, 5.41) is 20.0. The highest BCUT2D eigenvalue weighted by molar-refractivity contribution is 5.93. The van der Waals surface area contributed by atoms with Gasteiger partial charge in [-0.2, -0.15) is 0 Å². The first-order valence-electron chi connectivity index (χ1n) is 13.7. The summed E-state index contributed by atoms with van der Waals surface area (Å²) in [6.45, 7) is 10.3. The quantitative estimate of drug-likeness (QED) is 0.100. The van der Waals surface area contributed by atoms with Crippen molar-refractivity contribution < 1.29 is 38.6 Å². The van der Waals surface area contributed by atoms with Crippen LogP contribution in [0.4, 0.5) is 4.79 Å². The van der Waals surface area contributed by atoms with Gasteiger partial charge >= 0.3 is 12.1 Å². The average Bonchev–Trinajstić information content (AvgIpc) is 2.93. The summed E-state index contributed by atoms with van der Waals surface area (Å²) in [4.78, 5) is 62.2. The van der Waals surface area contributed by atoms with E-state index in [1.54, 1.807) is 13.8 Å². The lowest BCUT2D eigenvalue weighted by Gasteiger charge is -2.26. The molecule has 3 atom stereocenters. The van der Waals surface area contributed by atoms with Crippen LogP contribution < -0.4 is 21.3 Å². The number of aliphatic hydroxyl groups is 1. The molecule has 0 spiro atoms. The van der Waals surface area contributed by atoms with Gasteiger partial charge in [-0.3, -0.25) is 14.4 Å². The van der Waals surface area contributed by atoms with Crippen LogP contribution >= 0.6 is 0 Å². The lowest BCUT2D eigenvalue weighted by Crippen LogP contribution is -2.58. The van der Waals surface area contributed by atoms with Crippen molar-refractivity contribution in [2.24, 2.45) is 11.8 Å². The molecule has 0 aliphatic carbocycles. The molecule has 0 aromatic heterocycles. The maximum Gasteiger partial charge on any atom is 0.407 e. The van der Waals surface area contributed by atoms with E-state index in [2.05, 4.69) is 27.8 Å². The van der Waals surface area contributed by atoms with Gasteiger partial charge in [0.05, 0.1) is 12.9 Å². The number of esters is 1. The van der Waals surface area contributed by atoms with E-state index in [0.717, 1.165) is 11.8 Å². The van der Waals surface area contributed by atoms with E-state index in [-0.39, 0.29) is 37.2 Å². The van der Waals surface area contributed by atoms with E-state index in [9.17, 15) is 29.1 Å². The second-order valence-corrected chi connectivity index (χ2v) is 10.3. The van der Waals surface area contributed by atoms with Crippen LogP contribution in [-0.2, 0) is 35.3 Å². The van der Waals surface area contributed by atoms with Gasteiger partial charge in [-0.1, -0.05) is 64.6 Å². The summed E-state index contributed by atoms with van der Waals surface area (Å²) in [7, 11) is 0. The Labute approximate surface area is 241 Å². The molecule has 41 heavy (non-hydrogen) atoms. The third kappa shape index (κ3) is 14.3. The molecule has 0 heterocycles. The van der Waals surface area contributed by atoms with Gasteiger partial charge in [0.15, 0.2) is 0 Å². The van der Waals surface area contributed by atoms with Crippen molar-refractivity contribution in [3.8, 4) is 0 Å². The number of nitrogens with one attached hydrogen (secondary N) is 4. The minimum Gasteiger partial charge on any atom is -0.445 e. The number of benzene rings is 1. The molecule has 0 unspecified atom stereocenters. The monoisotopic (exact) mass is 576 g/mol. The van der Waals surface area contributed by atoms with Crippen LogP contribution in [0, 0.1) is 11.8 Å². The van der Waals surface area contributed by atoms with Crippen molar-refractivity contribution in [3.63, 3.8) is 0 Å². The van der Waals surface area contributed by atoms with E-state index in [1.165, 1.54) is 0 Å². The van der Waals surface area contributed by atoms with Gasteiger partial charge < -0.3 is 35.8 Å². The molecule has 0 saturated heterocycles. The van der Waals surface area contributed by atoms with E-state index in [0.29, 0.717) is 19.4 Å². The number of carbonyl (C=O) groups excluding carboxylic acids is 5. The average molecular weight is 577 g/mol. The summed E-state index contributed by atoms with van der Waals surface area (Å²) in [5.41, 5.74) is 0.873. The van der Waals surface area contributed by atoms with Gasteiger partial charge in [-0.05, 0) is 36.7 Å². The van der Waals surface area contributed by atoms with E-state index in [1.807, 2.05) is 44.2 Å². The highest BCUT2D eigenvalue weighted by atomic mass is 16.5. The summed E-state index contributed by atoms with van der Waals surface area (Å²) >= 11 is 0. The van der Waals surface area contributed by atoms with Crippen LogP contribution in [0.2, 0.25) is 0 Å². The molecule has 0 aliphatic rings. The Morgan fingerprint density at radius 2 is 1.59 bits per heavy atom. The first kappa shape index (κ1) is 35.1. The Kier molecular flexibility index (Phi) is 16.4. The standard InChI is InChI=1S/C29H44N4O8/c1-6-40-28(38)22(16-19(2)3)31-26(36)23(17-34)32-27(37)25(20(4)5)33-24(35)14-10-11-15-30-29(39)41-18-21-12-8-7-9-13-21/h6-9,12-13,19-20,22-23,25,34H,1,10-11,14-18H2,2-5H3,(H,30,39)(H,31,36)(H,32,37)(H,33,35)/t22-,23-,25-/m0/s1. The maximum atomic E-state index is 12.9. The van der Waals surface area contributed by atoms with Crippen LogP contribution in [-0.4, -0.2) is 66.2 Å². The number of alkyl carbamates (subject to hydrolysis) is 1. The smallest absolute Gasteiger partial charge is 0.407 e. The summed E-state index contributed by atoms with van der Waals surface area (Å²) in [6.07, 6.45) is 1.77. The molecule has 0 fully saturated rings. The maximum absolute atomic E-state index is 12.9. The van der Waals surface area contributed by atoms with Crippen LogP contribution in [0.5, 0.6) is 0 Å². The molecule has 1 rings (SSSR count). The number of unbranched alkanes of at least 4 members (excludes halogenated alkanes) is 1. The van der Waals surface area contributed by atoms with Gasteiger partial charge in [0.25, 0.3) is 0 Å². The Balaban J connectivity index is 2.52. The van der Waals surface area contributed by atoms with Crippen LogP contribution in [0.1, 0.15) is 58.9 Å². The predicted octanol–water partition coefficient (Wildman–Crippen LogP) is 1.92. The molecule has 4 amide bonds. The molecule has 12 heteroatoms. The SMILES string of the molecule is C=COC(=O)[C@H](CC(C)C)NC(=O)[C@H](CO)NC(=O)[C@@H](NC(=O)CCCCNC(=O)OCc1ccccc1)C(C)C. The van der Waals surface area contributed by atoms with E-state index >= 15 is 0 Å². The highest BCUT2D eigenvalue weighted by Gasteiger charge is 2.31. The molecule has 12 nitrogen and oxygen atoms in total. The van der Waals surface area contributed by atoms with Gasteiger partial charge in [0.1, 0.15) is 24.7 Å². The minimum atomic E-state index is -1.35. The minimum absolute atomic E-state index is 0.0459. The van der Waals surface area contributed by atoms with Crippen LogP contribution in [0.25, 0.3) is 0 Å². The Morgan fingerprint density at radius 3 is 2.17 bits per heavy atom. The van der Waals surface area contributed by atoms with Crippen molar-refractivity contribution in [2.45, 2.75) is 78.1 Å². The number of aliphatic hydroxyl groups excluding tert-OH is 1. The fourth-order valence-corrected chi connectivity index (χ4v) is 3.73. The zero-order valence-corrected chi connectivity index (χ0v) is 24.3. The largest absolute Gasteiger partial charge is 0.445 e. The molecular weight excluding hydrogens is 532 g/mol. The van der Waals surface area contributed by atoms with E-state index < -0.39 is 48.6 Å². The third-order valence-corrected chi connectivity index (χ3v) is 5.90. The fraction of sp³-hybridized carbons (Fsp3) is 0.552. The number of hydrogen-bond acceptors (Lipinski definition) is 8. The Bertz CT molecular complexity index is 1000. The van der Waals surface area contributed by atoms with Crippen molar-refractivity contribution in [2.75, 3.05) is 13.2 Å². The third-order valence-electron chi connectivity index (χ3n) is 5.90. The zero-order valence-electron chi connectivity index (χ0n) is 24.3. The van der Waals surface area contributed by atoms with Gasteiger partial charge in [-0.25, -0.2) is 9.59 Å². The first-order valence-corrected chi connectivity index (χ1v) is 13.7. The molecule has 5 N–H and O–H groups in total. The lowest BCUT2D eigenvalue weighted by atomic mass is 10.0. The number of rotatable bonds is 18. The van der Waals surface area contributed by atoms with Gasteiger partial charge in [-0.15, -0.1) is 0 Å². The summed E-state index contributed by atoms with van der Waals surface area (Å²) in [6, 6.07) is 5.97. The summed E-state index contributed by atoms with van der Waals surface area (Å²) in [5.74, 6) is -2.78. The second kappa shape index (κ2) is 19.2. The Hall–Kier alpha value is -3.93. The topological polar surface area (TPSA) is 172 Å². The normalized spacial score (nSPS) is 13.0. The fourth-order valence-electron chi connectivity index (χ4n) is 3.73. The predicted molar refractivity (Wildman–Crippen MR) is 152 cm³/mol. The van der Waals surface area contributed by atoms with Gasteiger partial charge in [0.2, 0.25) is 17.7 Å². The molecule has 0 aliphatic heterocycles. The summed E-state index contributed by atoms with van der Waals surface area (Å²) < 4.78 is 9.92. The van der Waals surface area contributed by atoms with Crippen molar-refractivity contribution in [3.05, 3.63) is 48.7 Å². The molecule has 0 saturated carbocycles.